The second-order valence-electron chi connectivity index (χ2n) is 3.28. The second-order valence-corrected chi connectivity index (χ2v) is 3.28. The van der Waals surface area contributed by atoms with Crippen LogP contribution < -0.4 is 5.32 Å². The summed E-state index contributed by atoms with van der Waals surface area (Å²) >= 11 is 0. The Morgan fingerprint density at radius 3 is 2.71 bits per heavy atom. The predicted molar refractivity (Wildman–Crippen MR) is 59.8 cm³/mol. The second kappa shape index (κ2) is 5.43. The molecule has 2 heteroatoms. The maximum absolute atomic E-state index is 8.81. The van der Waals surface area contributed by atoms with Gasteiger partial charge in [0.15, 0.2) is 0 Å². The maximum atomic E-state index is 8.81. The highest BCUT2D eigenvalue weighted by Gasteiger charge is 2.12. The molecule has 0 heterocycles. The van der Waals surface area contributed by atoms with E-state index in [1.807, 2.05) is 7.05 Å². The lowest BCUT2D eigenvalue weighted by molar-refractivity contribution is -0.106. The molecule has 1 aromatic rings. The van der Waals surface area contributed by atoms with Crippen molar-refractivity contribution in [2.45, 2.75) is 26.2 Å². The first kappa shape index (κ1) is 10.8. The average molecular weight is 191 g/mol. The van der Waals surface area contributed by atoms with Crippen molar-refractivity contribution in [2.75, 3.05) is 12.4 Å². The van der Waals surface area contributed by atoms with Crippen molar-refractivity contribution in [1.82, 2.24) is 0 Å². The molecule has 1 aliphatic carbocycles. The quantitative estimate of drug-likeness (QED) is 0.691. The molecule has 2 nitrogen and oxygen atoms in total. The van der Waals surface area contributed by atoms with Gasteiger partial charge in [0.05, 0.1) is 0 Å². The van der Waals surface area contributed by atoms with E-state index in [4.69, 9.17) is 4.79 Å². The van der Waals surface area contributed by atoms with Crippen LogP contribution in [0.15, 0.2) is 18.2 Å². The summed E-state index contributed by atoms with van der Waals surface area (Å²) in [5, 5.41) is 3.23. The Morgan fingerprint density at radius 1 is 1.36 bits per heavy atom. The number of fused-ring (bicyclic) bond motifs is 1. The van der Waals surface area contributed by atoms with E-state index in [2.05, 4.69) is 23.5 Å². The zero-order valence-electron chi connectivity index (χ0n) is 8.84. The number of rotatable bonds is 1. The van der Waals surface area contributed by atoms with Crippen LogP contribution in [0.1, 0.15) is 24.5 Å². The van der Waals surface area contributed by atoms with Crippen molar-refractivity contribution in [3.8, 4) is 0 Å². The number of carbonyl (C=O) groups excluding carboxylic acids is 1. The van der Waals surface area contributed by atoms with E-state index in [9.17, 15) is 0 Å². The molecular weight excluding hydrogens is 174 g/mol. The highest BCUT2D eigenvalue weighted by atomic mass is 16.1. The van der Waals surface area contributed by atoms with Gasteiger partial charge in [0, 0.05) is 12.7 Å². The molecule has 0 saturated carbocycles. The van der Waals surface area contributed by atoms with E-state index in [0.717, 1.165) is 6.29 Å². The number of hydrogen-bond acceptors (Lipinski definition) is 2. The van der Waals surface area contributed by atoms with Crippen LogP contribution in [-0.4, -0.2) is 13.3 Å². The van der Waals surface area contributed by atoms with Gasteiger partial charge in [0.2, 0.25) is 0 Å². The van der Waals surface area contributed by atoms with Crippen molar-refractivity contribution in [3.05, 3.63) is 29.3 Å². The first-order chi connectivity index (χ1) is 6.83. The zero-order valence-corrected chi connectivity index (χ0v) is 8.84. The first-order valence-electron chi connectivity index (χ1n) is 5.01. The molecule has 14 heavy (non-hydrogen) atoms. The third kappa shape index (κ3) is 2.34. The normalized spacial score (nSPS) is 12.4. The van der Waals surface area contributed by atoms with Crippen LogP contribution in [-0.2, 0) is 17.6 Å². The van der Waals surface area contributed by atoms with Crippen molar-refractivity contribution in [1.29, 1.82) is 0 Å². The van der Waals surface area contributed by atoms with Gasteiger partial charge in [0.1, 0.15) is 6.29 Å². The Labute approximate surface area is 85.3 Å². The Morgan fingerprint density at radius 2 is 2.07 bits per heavy atom. The summed E-state index contributed by atoms with van der Waals surface area (Å²) in [6.45, 7) is 1.44. The summed E-state index contributed by atoms with van der Waals surface area (Å²) in [5.41, 5.74) is 4.40. The molecule has 1 aliphatic rings. The number of nitrogens with one attached hydrogen (secondary N) is 1. The zero-order chi connectivity index (χ0) is 10.4. The minimum Gasteiger partial charge on any atom is -0.388 e. The van der Waals surface area contributed by atoms with Crippen molar-refractivity contribution in [2.24, 2.45) is 0 Å². The highest BCUT2D eigenvalue weighted by Crippen LogP contribution is 2.27. The van der Waals surface area contributed by atoms with Crippen molar-refractivity contribution < 1.29 is 4.79 Å². The van der Waals surface area contributed by atoms with Crippen LogP contribution in [0.2, 0.25) is 0 Å². The number of carbonyl (C=O) groups is 1. The van der Waals surface area contributed by atoms with Crippen molar-refractivity contribution in [3.63, 3.8) is 0 Å². The monoisotopic (exact) mass is 191 g/mol. The van der Waals surface area contributed by atoms with E-state index >= 15 is 0 Å². The third-order valence-electron chi connectivity index (χ3n) is 2.42. The molecule has 0 fully saturated rings. The molecule has 0 saturated heterocycles. The van der Waals surface area contributed by atoms with Gasteiger partial charge in [-0.2, -0.15) is 0 Å². The summed E-state index contributed by atoms with van der Waals surface area (Å²) in [6.07, 6.45) is 4.60. The molecule has 0 aromatic heterocycles. The van der Waals surface area contributed by atoms with Gasteiger partial charge in [0.25, 0.3) is 0 Å². The molecule has 0 radical (unpaired) electrons. The molecule has 2 rings (SSSR count). The Balaban J connectivity index is 0.000000293. The van der Waals surface area contributed by atoms with Crippen LogP contribution in [0.25, 0.3) is 0 Å². The lowest BCUT2D eigenvalue weighted by atomic mass is 10.1. The SMILES string of the molecule is CC=O.CNc1cccc2c1CCC2. The molecule has 0 amide bonds. The predicted octanol–water partition coefficient (Wildman–Crippen LogP) is 2.42. The largest absolute Gasteiger partial charge is 0.388 e. The fraction of sp³-hybridized carbons (Fsp3) is 0.417. The number of hydrogen-bond donors (Lipinski definition) is 1. The Bertz CT molecular complexity index is 307. The van der Waals surface area contributed by atoms with Gasteiger partial charge in [-0.15, -0.1) is 0 Å². The minimum absolute atomic E-state index is 0.750. The summed E-state index contributed by atoms with van der Waals surface area (Å²) in [6, 6.07) is 6.53. The standard InChI is InChI=1S/C10H13N.C2H4O/c1-11-10-7-3-5-8-4-2-6-9(8)10;1-2-3/h3,5,7,11H,2,4,6H2,1H3;2H,1H3. The fourth-order valence-corrected chi connectivity index (χ4v) is 1.85. The smallest absolute Gasteiger partial charge is 0.116 e. The van der Waals surface area contributed by atoms with Gasteiger partial charge < -0.3 is 10.1 Å². The van der Waals surface area contributed by atoms with E-state index in [-0.39, 0.29) is 0 Å². The van der Waals surface area contributed by atoms with E-state index < -0.39 is 0 Å². The summed E-state index contributed by atoms with van der Waals surface area (Å²) < 4.78 is 0. The molecule has 1 N–H and O–H groups in total. The van der Waals surface area contributed by atoms with Gasteiger partial charge >= 0.3 is 0 Å². The summed E-state index contributed by atoms with van der Waals surface area (Å²) in [4.78, 5) is 8.81. The lowest BCUT2D eigenvalue weighted by Crippen LogP contribution is -1.93. The van der Waals surface area contributed by atoms with Crippen LogP contribution in [0, 0.1) is 0 Å². The summed E-state index contributed by atoms with van der Waals surface area (Å²) in [7, 11) is 1.99. The molecule has 0 bridgehead atoms. The van der Waals surface area contributed by atoms with E-state index in [0.29, 0.717) is 0 Å². The number of aryl methyl sites for hydroxylation is 1. The molecule has 0 unspecified atom stereocenters. The van der Waals surface area contributed by atoms with Gasteiger partial charge in [-0.1, -0.05) is 12.1 Å². The third-order valence-corrected chi connectivity index (χ3v) is 2.42. The van der Waals surface area contributed by atoms with Crippen LogP contribution in [0.4, 0.5) is 5.69 Å². The summed E-state index contributed by atoms with van der Waals surface area (Å²) in [5.74, 6) is 0. The molecule has 76 valence electrons. The van der Waals surface area contributed by atoms with Gasteiger partial charge in [-0.05, 0) is 43.4 Å². The molecular formula is C12H17NO. The van der Waals surface area contributed by atoms with Crippen LogP contribution in [0.3, 0.4) is 0 Å². The fourth-order valence-electron chi connectivity index (χ4n) is 1.85. The highest BCUT2D eigenvalue weighted by molar-refractivity contribution is 5.55. The van der Waals surface area contributed by atoms with Crippen molar-refractivity contribution >= 4 is 12.0 Å². The van der Waals surface area contributed by atoms with E-state index in [1.165, 1.54) is 43.0 Å². The molecule has 0 spiro atoms. The average Bonchev–Trinajstić information content (AvgIpc) is 2.66. The Hall–Kier alpha value is -1.31. The molecule has 0 aliphatic heterocycles. The topological polar surface area (TPSA) is 29.1 Å². The van der Waals surface area contributed by atoms with Crippen LogP contribution in [0.5, 0.6) is 0 Å². The lowest BCUT2D eigenvalue weighted by Gasteiger charge is -2.06. The first-order valence-corrected chi connectivity index (χ1v) is 5.01. The number of aldehydes is 1. The molecule has 0 atom stereocenters. The van der Waals surface area contributed by atoms with Gasteiger partial charge in [-0.25, -0.2) is 0 Å². The van der Waals surface area contributed by atoms with E-state index in [1.54, 1.807) is 0 Å². The number of anilines is 1. The van der Waals surface area contributed by atoms with Crippen LogP contribution >= 0.6 is 0 Å². The molecule has 1 aromatic carbocycles. The Kier molecular flexibility index (Phi) is 4.17. The number of benzene rings is 1. The maximum Gasteiger partial charge on any atom is 0.116 e. The van der Waals surface area contributed by atoms with Gasteiger partial charge in [-0.3, -0.25) is 0 Å². The minimum atomic E-state index is 0.750.